The van der Waals surface area contributed by atoms with Gasteiger partial charge in [-0.25, -0.2) is 4.39 Å². The molecule has 1 atom stereocenters. The van der Waals surface area contributed by atoms with E-state index in [1.54, 1.807) is 12.1 Å². The summed E-state index contributed by atoms with van der Waals surface area (Å²) in [6, 6.07) is 7.01. The first-order chi connectivity index (χ1) is 9.07. The zero-order valence-electron chi connectivity index (χ0n) is 11.1. The topological polar surface area (TPSA) is 27.0 Å². The van der Waals surface area contributed by atoms with Crippen molar-refractivity contribution in [3.05, 3.63) is 34.6 Å². The van der Waals surface area contributed by atoms with E-state index in [4.69, 9.17) is 11.6 Å². The lowest BCUT2D eigenvalue weighted by atomic mass is 9.90. The smallest absolute Gasteiger partial charge is 0.127 e. The molecule has 1 saturated heterocycles. The number of hydrogen-bond donors (Lipinski definition) is 0. The fourth-order valence-electron chi connectivity index (χ4n) is 2.65. The fourth-order valence-corrected chi connectivity index (χ4v) is 2.88. The summed E-state index contributed by atoms with van der Waals surface area (Å²) in [5.41, 5.74) is -0.245. The molecule has 0 saturated carbocycles. The molecular formula is C15H18ClFN2. The van der Waals surface area contributed by atoms with Crippen molar-refractivity contribution in [3.8, 4) is 6.07 Å². The SMILES string of the molecule is CC(C#N)(Cc1c(F)cccc1Cl)N1CCCCC1. The number of rotatable bonds is 3. The van der Waals surface area contributed by atoms with Gasteiger partial charge < -0.3 is 0 Å². The van der Waals surface area contributed by atoms with Crippen molar-refractivity contribution in [2.24, 2.45) is 0 Å². The van der Waals surface area contributed by atoms with Crippen LogP contribution in [0.2, 0.25) is 5.02 Å². The zero-order valence-corrected chi connectivity index (χ0v) is 11.9. The standard InChI is InChI=1S/C15H18ClFN2/c1-15(11-18,19-8-3-2-4-9-19)10-12-13(16)6-5-7-14(12)17/h5-7H,2-4,8-10H2,1H3. The number of benzene rings is 1. The quantitative estimate of drug-likeness (QED) is 0.842. The predicted molar refractivity (Wildman–Crippen MR) is 74.6 cm³/mol. The second-order valence-corrected chi connectivity index (χ2v) is 5.72. The fraction of sp³-hybridized carbons (Fsp3) is 0.533. The Morgan fingerprint density at radius 1 is 1.37 bits per heavy atom. The monoisotopic (exact) mass is 280 g/mol. The summed E-state index contributed by atoms with van der Waals surface area (Å²) < 4.78 is 13.9. The van der Waals surface area contributed by atoms with Crippen molar-refractivity contribution in [2.45, 2.75) is 38.1 Å². The van der Waals surface area contributed by atoms with Crippen molar-refractivity contribution in [3.63, 3.8) is 0 Å². The third-order valence-corrected chi connectivity index (χ3v) is 4.23. The van der Waals surface area contributed by atoms with Crippen LogP contribution in [0.3, 0.4) is 0 Å². The summed E-state index contributed by atoms with van der Waals surface area (Å²) >= 11 is 6.06. The van der Waals surface area contributed by atoms with Crippen LogP contribution in [0.1, 0.15) is 31.7 Å². The molecule has 2 nitrogen and oxygen atoms in total. The Hall–Kier alpha value is -1.11. The number of hydrogen-bond acceptors (Lipinski definition) is 2. The van der Waals surface area contributed by atoms with Crippen LogP contribution in [0.5, 0.6) is 0 Å². The van der Waals surface area contributed by atoms with E-state index in [0.29, 0.717) is 17.0 Å². The van der Waals surface area contributed by atoms with Gasteiger partial charge in [0.05, 0.1) is 6.07 Å². The van der Waals surface area contributed by atoms with Gasteiger partial charge in [-0.3, -0.25) is 4.90 Å². The highest BCUT2D eigenvalue weighted by atomic mass is 35.5. The van der Waals surface area contributed by atoms with Crippen LogP contribution >= 0.6 is 11.6 Å². The molecule has 2 rings (SSSR count). The minimum atomic E-state index is -0.688. The summed E-state index contributed by atoms with van der Waals surface area (Å²) in [5.74, 6) is -0.328. The largest absolute Gasteiger partial charge is 0.285 e. The maximum absolute atomic E-state index is 13.9. The van der Waals surface area contributed by atoms with Crippen molar-refractivity contribution in [2.75, 3.05) is 13.1 Å². The Morgan fingerprint density at radius 3 is 2.63 bits per heavy atom. The van der Waals surface area contributed by atoms with Crippen molar-refractivity contribution < 1.29 is 4.39 Å². The first-order valence-electron chi connectivity index (χ1n) is 6.66. The number of nitrogens with zero attached hydrogens (tertiary/aromatic N) is 2. The van der Waals surface area contributed by atoms with Gasteiger partial charge in [0, 0.05) is 17.0 Å². The molecule has 0 spiro atoms. The maximum atomic E-state index is 13.9. The van der Waals surface area contributed by atoms with E-state index in [0.717, 1.165) is 25.9 Å². The molecular weight excluding hydrogens is 263 g/mol. The molecule has 1 aromatic rings. The zero-order chi connectivity index (χ0) is 13.9. The van der Waals surface area contributed by atoms with Gasteiger partial charge in [0.2, 0.25) is 0 Å². The van der Waals surface area contributed by atoms with Gasteiger partial charge in [-0.05, 0) is 45.0 Å². The Labute approximate surface area is 118 Å². The highest BCUT2D eigenvalue weighted by molar-refractivity contribution is 6.31. The minimum Gasteiger partial charge on any atom is -0.285 e. The van der Waals surface area contributed by atoms with E-state index in [2.05, 4.69) is 11.0 Å². The highest BCUT2D eigenvalue weighted by Gasteiger charge is 2.34. The summed E-state index contributed by atoms with van der Waals surface area (Å²) in [4.78, 5) is 2.15. The lowest BCUT2D eigenvalue weighted by molar-refractivity contribution is 0.123. The maximum Gasteiger partial charge on any atom is 0.127 e. The first kappa shape index (κ1) is 14.3. The summed E-state index contributed by atoms with van der Waals surface area (Å²) in [7, 11) is 0. The van der Waals surface area contributed by atoms with Crippen LogP contribution in [0.15, 0.2) is 18.2 Å². The van der Waals surface area contributed by atoms with Crippen LogP contribution < -0.4 is 0 Å². The molecule has 0 amide bonds. The van der Waals surface area contributed by atoms with Gasteiger partial charge in [0.1, 0.15) is 11.4 Å². The second kappa shape index (κ2) is 5.90. The van der Waals surface area contributed by atoms with E-state index in [-0.39, 0.29) is 5.82 Å². The van der Waals surface area contributed by atoms with Gasteiger partial charge in [0.15, 0.2) is 0 Å². The molecule has 0 bridgehead atoms. The lowest BCUT2D eigenvalue weighted by Crippen LogP contribution is -2.49. The molecule has 0 aromatic heterocycles. The molecule has 0 aliphatic carbocycles. The molecule has 0 N–H and O–H groups in total. The molecule has 1 heterocycles. The Balaban J connectivity index is 2.25. The van der Waals surface area contributed by atoms with Gasteiger partial charge in [-0.1, -0.05) is 24.1 Å². The normalized spacial score (nSPS) is 19.7. The average molecular weight is 281 g/mol. The highest BCUT2D eigenvalue weighted by Crippen LogP contribution is 2.29. The predicted octanol–water partition coefficient (Wildman–Crippen LogP) is 3.79. The molecule has 1 fully saturated rings. The number of nitriles is 1. The molecule has 1 aromatic carbocycles. The van der Waals surface area contributed by atoms with Gasteiger partial charge >= 0.3 is 0 Å². The van der Waals surface area contributed by atoms with Gasteiger partial charge in [-0.2, -0.15) is 5.26 Å². The number of likely N-dealkylation sites (tertiary alicyclic amines) is 1. The average Bonchev–Trinajstić information content (AvgIpc) is 2.44. The van der Waals surface area contributed by atoms with E-state index in [9.17, 15) is 9.65 Å². The van der Waals surface area contributed by atoms with Crippen LogP contribution in [-0.2, 0) is 6.42 Å². The summed E-state index contributed by atoms with van der Waals surface area (Å²) in [6.45, 7) is 3.67. The van der Waals surface area contributed by atoms with E-state index in [1.807, 2.05) is 6.92 Å². The Morgan fingerprint density at radius 2 is 2.05 bits per heavy atom. The van der Waals surface area contributed by atoms with Crippen LogP contribution in [0, 0.1) is 17.1 Å². The van der Waals surface area contributed by atoms with Gasteiger partial charge in [-0.15, -0.1) is 0 Å². The first-order valence-corrected chi connectivity index (χ1v) is 7.04. The van der Waals surface area contributed by atoms with Crippen LogP contribution in [0.25, 0.3) is 0 Å². The molecule has 102 valence electrons. The third kappa shape index (κ3) is 3.08. The van der Waals surface area contributed by atoms with Crippen LogP contribution in [0.4, 0.5) is 4.39 Å². The molecule has 1 aliphatic rings. The molecule has 1 unspecified atom stereocenters. The van der Waals surface area contributed by atoms with Gasteiger partial charge in [0.25, 0.3) is 0 Å². The second-order valence-electron chi connectivity index (χ2n) is 5.31. The molecule has 1 aliphatic heterocycles. The molecule has 0 radical (unpaired) electrons. The third-order valence-electron chi connectivity index (χ3n) is 3.88. The summed E-state index contributed by atoms with van der Waals surface area (Å²) in [5, 5.41) is 9.92. The van der Waals surface area contributed by atoms with E-state index < -0.39 is 5.54 Å². The van der Waals surface area contributed by atoms with Crippen molar-refractivity contribution in [1.29, 1.82) is 5.26 Å². The molecule has 4 heteroatoms. The van der Waals surface area contributed by atoms with E-state index in [1.165, 1.54) is 12.5 Å². The van der Waals surface area contributed by atoms with E-state index >= 15 is 0 Å². The van der Waals surface area contributed by atoms with Crippen molar-refractivity contribution >= 4 is 11.6 Å². The lowest BCUT2D eigenvalue weighted by Gasteiger charge is -2.38. The molecule has 19 heavy (non-hydrogen) atoms. The Kier molecular flexibility index (Phi) is 4.44. The Bertz CT molecular complexity index is 471. The summed E-state index contributed by atoms with van der Waals surface area (Å²) in [6.07, 6.45) is 3.73. The number of piperidine rings is 1. The van der Waals surface area contributed by atoms with Crippen LogP contribution in [-0.4, -0.2) is 23.5 Å². The van der Waals surface area contributed by atoms with Crippen molar-refractivity contribution in [1.82, 2.24) is 4.90 Å². The minimum absolute atomic E-state index is 0.328. The number of halogens is 2.